The van der Waals surface area contributed by atoms with Crippen molar-refractivity contribution >= 4 is 12.7 Å². The minimum atomic E-state index is 0.321. The van der Waals surface area contributed by atoms with Crippen LogP contribution in [0, 0.1) is 17.8 Å². The molecule has 0 nitrogen and oxygen atoms in total. The van der Waals surface area contributed by atoms with Gasteiger partial charge in [0.05, 0.1) is 0 Å². The molecule has 0 fully saturated rings. The lowest BCUT2D eigenvalue weighted by molar-refractivity contribution is 0.157. The van der Waals surface area contributed by atoms with E-state index in [2.05, 4.69) is 73.9 Å². The third kappa shape index (κ3) is 3.40. The topological polar surface area (TPSA) is 0 Å². The van der Waals surface area contributed by atoms with Crippen molar-refractivity contribution in [2.45, 2.75) is 61.2 Å². The Morgan fingerprint density at radius 3 is 2.17 bits per heavy atom. The molecule has 18 heavy (non-hydrogen) atoms. The summed E-state index contributed by atoms with van der Waals surface area (Å²) in [6.45, 7) is 16.2. The van der Waals surface area contributed by atoms with Crippen LogP contribution in [-0.2, 0) is 6.42 Å². The Balaban J connectivity index is 2.85. The Morgan fingerprint density at radius 1 is 1.06 bits per heavy atom. The Hall–Kier alpha value is -0.715. The van der Waals surface area contributed by atoms with Gasteiger partial charge in [0.1, 0.15) is 0 Å². The zero-order valence-corrected chi connectivity index (χ0v) is 13.2. The fourth-order valence-corrected chi connectivity index (χ4v) is 2.07. The van der Waals surface area contributed by atoms with Crippen molar-refractivity contribution in [3.8, 4) is 0 Å². The van der Waals surface area contributed by atoms with Gasteiger partial charge in [-0.05, 0) is 29.7 Å². The quantitative estimate of drug-likeness (QED) is 0.688. The summed E-state index contributed by atoms with van der Waals surface area (Å²) < 4.78 is 0. The normalized spacial score (nSPS) is 12.6. The van der Waals surface area contributed by atoms with Gasteiger partial charge in [0.15, 0.2) is 7.28 Å². The lowest BCUT2D eigenvalue weighted by Gasteiger charge is -2.39. The molecule has 1 rings (SSSR count). The van der Waals surface area contributed by atoms with E-state index in [-0.39, 0.29) is 0 Å². The minimum Gasteiger partial charge on any atom is -0.0844 e. The lowest BCUT2D eigenvalue weighted by atomic mass is 9.52. The minimum absolute atomic E-state index is 0.321. The summed E-state index contributed by atoms with van der Waals surface area (Å²) in [5.41, 5.74) is 5.00. The third-order valence-corrected chi connectivity index (χ3v) is 4.66. The summed E-state index contributed by atoms with van der Waals surface area (Å²) in [4.78, 5) is 0. The fourth-order valence-electron chi connectivity index (χ4n) is 2.07. The predicted molar refractivity (Wildman–Crippen MR) is 84.0 cm³/mol. The van der Waals surface area contributed by atoms with Crippen molar-refractivity contribution in [2.75, 3.05) is 0 Å². The van der Waals surface area contributed by atoms with Gasteiger partial charge in [-0.1, -0.05) is 77.1 Å². The van der Waals surface area contributed by atoms with Gasteiger partial charge in [0, 0.05) is 0 Å². The molecule has 0 spiro atoms. The third-order valence-electron chi connectivity index (χ3n) is 4.66. The molecular weight excluding hydrogens is 215 g/mol. The van der Waals surface area contributed by atoms with Crippen LogP contribution in [0.4, 0.5) is 0 Å². The fraction of sp³-hybridized carbons (Fsp3) is 0.647. The monoisotopic (exact) mass is 243 g/mol. The molecule has 99 valence electrons. The molecular formula is C17H28B. The first kappa shape index (κ1) is 15.3. The van der Waals surface area contributed by atoms with Gasteiger partial charge in [-0.3, -0.25) is 0 Å². The van der Waals surface area contributed by atoms with E-state index in [0.717, 1.165) is 12.7 Å². The van der Waals surface area contributed by atoms with Gasteiger partial charge in [0.25, 0.3) is 0 Å². The zero-order valence-electron chi connectivity index (χ0n) is 13.2. The van der Waals surface area contributed by atoms with Gasteiger partial charge in [-0.2, -0.15) is 0 Å². The molecule has 1 heteroatoms. The molecule has 0 saturated carbocycles. The second-order valence-corrected chi connectivity index (χ2v) is 7.04. The zero-order chi connectivity index (χ0) is 14.0. The number of aryl methyl sites for hydroxylation is 1. The number of hydrogen-bond acceptors (Lipinski definition) is 0. The van der Waals surface area contributed by atoms with E-state index in [9.17, 15) is 0 Å². The molecule has 0 amide bonds. The summed E-state index contributed by atoms with van der Waals surface area (Å²) in [6.07, 6.45) is 2.25. The Kier molecular flexibility index (Phi) is 4.69. The first-order chi connectivity index (χ1) is 8.19. The van der Waals surface area contributed by atoms with E-state index in [1.807, 2.05) is 0 Å². The molecule has 0 heterocycles. The highest BCUT2D eigenvalue weighted by Gasteiger charge is 2.32. The summed E-state index contributed by atoms with van der Waals surface area (Å²) in [7, 11) is 2.43. The molecule has 0 atom stereocenters. The summed E-state index contributed by atoms with van der Waals surface area (Å²) >= 11 is 0. The van der Waals surface area contributed by atoms with Crippen LogP contribution >= 0.6 is 0 Å². The molecule has 0 aromatic heterocycles. The highest BCUT2D eigenvalue weighted by molar-refractivity contribution is 6.54. The molecule has 0 aliphatic carbocycles. The van der Waals surface area contributed by atoms with Crippen molar-refractivity contribution in [1.29, 1.82) is 0 Å². The number of rotatable bonds is 4. The van der Waals surface area contributed by atoms with Crippen molar-refractivity contribution in [1.82, 2.24) is 0 Å². The second-order valence-electron chi connectivity index (χ2n) is 7.04. The maximum Gasteiger partial charge on any atom is 0.152 e. The maximum atomic E-state index is 2.43. The number of hydrogen-bond donors (Lipinski definition) is 0. The van der Waals surface area contributed by atoms with Crippen molar-refractivity contribution in [3.63, 3.8) is 0 Å². The van der Waals surface area contributed by atoms with Crippen molar-refractivity contribution < 1.29 is 0 Å². The summed E-state index contributed by atoms with van der Waals surface area (Å²) in [5.74, 6) is 0. The second kappa shape index (κ2) is 5.51. The average molecular weight is 243 g/mol. The highest BCUT2D eigenvalue weighted by Crippen LogP contribution is 2.40. The van der Waals surface area contributed by atoms with Gasteiger partial charge < -0.3 is 0 Å². The van der Waals surface area contributed by atoms with E-state index in [4.69, 9.17) is 0 Å². The lowest BCUT2D eigenvalue weighted by Crippen LogP contribution is -2.34. The molecule has 1 aromatic rings. The first-order valence-corrected chi connectivity index (χ1v) is 7.11. The molecule has 0 aliphatic heterocycles. The van der Waals surface area contributed by atoms with Gasteiger partial charge >= 0.3 is 0 Å². The van der Waals surface area contributed by atoms with Crippen LogP contribution in [-0.4, -0.2) is 7.28 Å². The van der Waals surface area contributed by atoms with Gasteiger partial charge in [0.2, 0.25) is 0 Å². The van der Waals surface area contributed by atoms with E-state index in [1.165, 1.54) is 16.6 Å². The molecule has 0 bridgehead atoms. The standard InChI is InChI=1S/C17H28B/c1-8-14-13(2)10-9-11-15(14)18-12-17(6,7)16(3,4)5/h9-11H,8,12H2,1-7H3. The van der Waals surface area contributed by atoms with Crippen LogP contribution in [0.2, 0.25) is 6.32 Å². The van der Waals surface area contributed by atoms with E-state index in [0.29, 0.717) is 10.8 Å². The Morgan fingerprint density at radius 2 is 1.67 bits per heavy atom. The maximum absolute atomic E-state index is 2.43. The van der Waals surface area contributed by atoms with Crippen LogP contribution < -0.4 is 5.46 Å². The SMILES string of the molecule is CCc1c(C)cccc1[B]CC(C)(C)C(C)(C)C. The largest absolute Gasteiger partial charge is 0.152 e. The van der Waals surface area contributed by atoms with Crippen LogP contribution in [0.3, 0.4) is 0 Å². The first-order valence-electron chi connectivity index (χ1n) is 7.11. The van der Waals surface area contributed by atoms with Crippen LogP contribution in [0.5, 0.6) is 0 Å². The van der Waals surface area contributed by atoms with Gasteiger partial charge in [-0.25, -0.2) is 0 Å². The molecule has 1 radical (unpaired) electrons. The van der Waals surface area contributed by atoms with E-state index in [1.54, 1.807) is 0 Å². The Bertz CT molecular complexity index is 397. The Labute approximate surface area is 114 Å². The average Bonchev–Trinajstić information content (AvgIpc) is 2.25. The molecule has 0 unspecified atom stereocenters. The molecule has 0 N–H and O–H groups in total. The van der Waals surface area contributed by atoms with E-state index < -0.39 is 0 Å². The van der Waals surface area contributed by atoms with Crippen molar-refractivity contribution in [3.05, 3.63) is 29.3 Å². The highest BCUT2D eigenvalue weighted by atomic mass is 14.3. The van der Waals surface area contributed by atoms with E-state index >= 15 is 0 Å². The smallest absolute Gasteiger partial charge is 0.0844 e. The van der Waals surface area contributed by atoms with Crippen LogP contribution in [0.15, 0.2) is 18.2 Å². The number of benzene rings is 1. The molecule has 0 saturated heterocycles. The predicted octanol–water partition coefficient (Wildman–Crippen LogP) is 4.38. The molecule has 1 aromatic carbocycles. The van der Waals surface area contributed by atoms with Gasteiger partial charge in [-0.15, -0.1) is 0 Å². The van der Waals surface area contributed by atoms with Crippen molar-refractivity contribution in [2.24, 2.45) is 10.8 Å². The van der Waals surface area contributed by atoms with Crippen LogP contribution in [0.25, 0.3) is 0 Å². The molecule has 0 aliphatic rings. The van der Waals surface area contributed by atoms with Crippen LogP contribution in [0.1, 0.15) is 52.7 Å². The summed E-state index contributed by atoms with van der Waals surface area (Å²) in [5, 5.41) is 0. The summed E-state index contributed by atoms with van der Waals surface area (Å²) in [6, 6.07) is 6.64.